The number of hydrogen-bond acceptors (Lipinski definition) is 3. The molecular weight excluding hydrogens is 182 g/mol. The fourth-order valence-electron chi connectivity index (χ4n) is 1.12. The molecule has 0 radical (unpaired) electrons. The van der Waals surface area contributed by atoms with Crippen LogP contribution in [0.15, 0.2) is 35.3 Å². The van der Waals surface area contributed by atoms with Crippen LogP contribution >= 0.6 is 11.8 Å². The normalized spacial score (nSPS) is 15.5. The van der Waals surface area contributed by atoms with Crippen LogP contribution in [0.1, 0.15) is 5.56 Å². The van der Waals surface area contributed by atoms with Crippen molar-refractivity contribution in [3.63, 3.8) is 0 Å². The highest BCUT2D eigenvalue weighted by Gasteiger charge is 2.07. The van der Waals surface area contributed by atoms with E-state index in [4.69, 9.17) is 4.74 Å². The molecule has 0 amide bonds. The maximum Gasteiger partial charge on any atom is 0.246 e. The Kier molecular flexibility index (Phi) is 2.87. The van der Waals surface area contributed by atoms with Gasteiger partial charge in [0, 0.05) is 5.75 Å². The van der Waals surface area contributed by atoms with Crippen molar-refractivity contribution in [1.29, 1.82) is 0 Å². The van der Waals surface area contributed by atoms with Crippen LogP contribution < -0.4 is 0 Å². The van der Waals surface area contributed by atoms with Gasteiger partial charge in [-0.1, -0.05) is 42.1 Å². The molecule has 2 nitrogen and oxygen atoms in total. The summed E-state index contributed by atoms with van der Waals surface area (Å²) in [5.74, 6) is 1.06. The quantitative estimate of drug-likeness (QED) is 0.719. The first kappa shape index (κ1) is 8.63. The Morgan fingerprint density at radius 2 is 2.15 bits per heavy atom. The summed E-state index contributed by atoms with van der Waals surface area (Å²) in [5, 5.41) is 0.837. The molecule has 2 rings (SSSR count). The molecule has 0 saturated heterocycles. The van der Waals surface area contributed by atoms with Crippen molar-refractivity contribution in [2.75, 3.05) is 12.3 Å². The number of benzene rings is 1. The van der Waals surface area contributed by atoms with E-state index in [9.17, 15) is 0 Å². The second-order valence-corrected chi connectivity index (χ2v) is 3.82. The summed E-state index contributed by atoms with van der Waals surface area (Å²) >= 11 is 1.69. The van der Waals surface area contributed by atoms with Gasteiger partial charge in [-0.25, -0.2) is 4.99 Å². The van der Waals surface area contributed by atoms with Crippen molar-refractivity contribution in [1.82, 2.24) is 0 Å². The topological polar surface area (TPSA) is 21.6 Å². The van der Waals surface area contributed by atoms with Crippen LogP contribution in [-0.2, 0) is 11.3 Å². The van der Waals surface area contributed by atoms with E-state index in [2.05, 4.69) is 17.1 Å². The standard InChI is InChI=1S/C10H11NOS/c1-2-4-9(5-3-1)8-12-10-11-6-7-13-10/h1-5H,6-8H2. The molecule has 0 aliphatic carbocycles. The molecule has 0 aromatic heterocycles. The van der Waals surface area contributed by atoms with Gasteiger partial charge in [-0.15, -0.1) is 0 Å². The lowest BCUT2D eigenvalue weighted by Crippen LogP contribution is -1.97. The molecule has 68 valence electrons. The molecule has 3 heteroatoms. The zero-order chi connectivity index (χ0) is 8.93. The zero-order valence-corrected chi connectivity index (χ0v) is 8.09. The second-order valence-electron chi connectivity index (χ2n) is 2.77. The average molecular weight is 193 g/mol. The molecule has 1 aliphatic heterocycles. The van der Waals surface area contributed by atoms with Crippen molar-refractivity contribution in [2.24, 2.45) is 4.99 Å². The summed E-state index contributed by atoms with van der Waals surface area (Å²) in [6.45, 7) is 1.53. The smallest absolute Gasteiger partial charge is 0.246 e. The Balaban J connectivity index is 1.86. The largest absolute Gasteiger partial charge is 0.468 e. The Labute approximate surface area is 82.0 Å². The minimum absolute atomic E-state index is 0.632. The van der Waals surface area contributed by atoms with Crippen LogP contribution in [0, 0.1) is 0 Å². The molecule has 0 N–H and O–H groups in total. The lowest BCUT2D eigenvalue weighted by Gasteiger charge is -2.03. The van der Waals surface area contributed by atoms with E-state index in [1.54, 1.807) is 11.8 Å². The van der Waals surface area contributed by atoms with Crippen molar-refractivity contribution < 1.29 is 4.74 Å². The van der Waals surface area contributed by atoms with Crippen molar-refractivity contribution >= 4 is 17.0 Å². The van der Waals surface area contributed by atoms with Crippen LogP contribution in [0.3, 0.4) is 0 Å². The minimum atomic E-state index is 0.632. The van der Waals surface area contributed by atoms with Crippen LogP contribution in [0.4, 0.5) is 0 Å². The van der Waals surface area contributed by atoms with Gasteiger partial charge in [0.15, 0.2) is 0 Å². The highest BCUT2D eigenvalue weighted by Crippen LogP contribution is 2.14. The molecule has 0 bridgehead atoms. The number of rotatable bonds is 2. The van der Waals surface area contributed by atoms with Crippen LogP contribution in [0.25, 0.3) is 0 Å². The summed E-state index contributed by atoms with van der Waals surface area (Å²) < 4.78 is 5.50. The molecule has 0 fully saturated rings. The fourth-order valence-corrected chi connectivity index (χ4v) is 1.80. The lowest BCUT2D eigenvalue weighted by atomic mass is 10.2. The van der Waals surface area contributed by atoms with E-state index in [-0.39, 0.29) is 0 Å². The SMILES string of the molecule is c1ccc(COC2=NCCS2)cc1. The van der Waals surface area contributed by atoms with Gasteiger partial charge < -0.3 is 4.74 Å². The molecule has 0 unspecified atom stereocenters. The van der Waals surface area contributed by atoms with Gasteiger partial charge in [-0.3, -0.25) is 0 Å². The Hall–Kier alpha value is -0.960. The fraction of sp³-hybridized carbons (Fsp3) is 0.300. The summed E-state index contributed by atoms with van der Waals surface area (Å²) in [6.07, 6.45) is 0. The van der Waals surface area contributed by atoms with Crippen LogP contribution in [0.2, 0.25) is 0 Å². The van der Waals surface area contributed by atoms with Gasteiger partial charge in [-0.05, 0) is 5.56 Å². The van der Waals surface area contributed by atoms with E-state index in [0.717, 1.165) is 17.5 Å². The van der Waals surface area contributed by atoms with Gasteiger partial charge in [0.2, 0.25) is 5.23 Å². The molecule has 13 heavy (non-hydrogen) atoms. The molecule has 1 aromatic carbocycles. The molecule has 0 spiro atoms. The third-order valence-corrected chi connectivity index (χ3v) is 2.64. The second kappa shape index (κ2) is 4.33. The van der Waals surface area contributed by atoms with Crippen molar-refractivity contribution in [3.05, 3.63) is 35.9 Å². The first-order chi connectivity index (χ1) is 6.45. The van der Waals surface area contributed by atoms with E-state index >= 15 is 0 Å². The van der Waals surface area contributed by atoms with Gasteiger partial charge >= 0.3 is 0 Å². The van der Waals surface area contributed by atoms with E-state index < -0.39 is 0 Å². The van der Waals surface area contributed by atoms with Gasteiger partial charge in [-0.2, -0.15) is 0 Å². The number of ether oxygens (including phenoxy) is 1. The van der Waals surface area contributed by atoms with E-state index in [0.29, 0.717) is 6.61 Å². The molecule has 1 aliphatic rings. The van der Waals surface area contributed by atoms with Crippen LogP contribution in [-0.4, -0.2) is 17.5 Å². The summed E-state index contributed by atoms with van der Waals surface area (Å²) in [4.78, 5) is 4.21. The molecular formula is C10H11NOS. The van der Waals surface area contributed by atoms with Crippen molar-refractivity contribution in [3.8, 4) is 0 Å². The molecule has 1 aromatic rings. The highest BCUT2D eigenvalue weighted by atomic mass is 32.2. The molecule has 0 atom stereocenters. The number of aliphatic imine (C=N–C) groups is 1. The Morgan fingerprint density at radius 3 is 2.85 bits per heavy atom. The maximum absolute atomic E-state index is 5.50. The van der Waals surface area contributed by atoms with E-state index in [1.165, 1.54) is 5.56 Å². The van der Waals surface area contributed by atoms with E-state index in [1.807, 2.05) is 18.2 Å². The highest BCUT2D eigenvalue weighted by molar-refractivity contribution is 8.13. The van der Waals surface area contributed by atoms with Gasteiger partial charge in [0.1, 0.15) is 6.61 Å². The van der Waals surface area contributed by atoms with Gasteiger partial charge in [0.25, 0.3) is 0 Å². The average Bonchev–Trinajstić information content (AvgIpc) is 2.69. The van der Waals surface area contributed by atoms with Crippen LogP contribution in [0.5, 0.6) is 0 Å². The third-order valence-electron chi connectivity index (χ3n) is 1.76. The predicted octanol–water partition coefficient (Wildman–Crippen LogP) is 2.31. The first-order valence-electron chi connectivity index (χ1n) is 4.29. The minimum Gasteiger partial charge on any atom is -0.468 e. The number of hydrogen-bond donors (Lipinski definition) is 0. The Bertz CT molecular complexity index is 297. The zero-order valence-electron chi connectivity index (χ0n) is 7.27. The maximum atomic E-state index is 5.50. The summed E-state index contributed by atoms with van der Waals surface area (Å²) in [7, 11) is 0. The van der Waals surface area contributed by atoms with Gasteiger partial charge in [0.05, 0.1) is 6.54 Å². The Morgan fingerprint density at radius 1 is 1.31 bits per heavy atom. The third kappa shape index (κ3) is 2.49. The lowest BCUT2D eigenvalue weighted by molar-refractivity contribution is 0.302. The summed E-state index contributed by atoms with van der Waals surface area (Å²) in [6, 6.07) is 10.1. The summed E-state index contributed by atoms with van der Waals surface area (Å²) in [5.41, 5.74) is 1.19. The number of thioether (sulfide) groups is 1. The monoisotopic (exact) mass is 193 g/mol. The first-order valence-corrected chi connectivity index (χ1v) is 5.28. The molecule has 1 heterocycles. The number of nitrogens with zero attached hydrogens (tertiary/aromatic N) is 1. The predicted molar refractivity (Wildman–Crippen MR) is 56.0 cm³/mol. The molecule has 0 saturated carbocycles. The van der Waals surface area contributed by atoms with Crippen molar-refractivity contribution in [2.45, 2.75) is 6.61 Å².